The number of fused-ring (bicyclic) bond motifs is 1. The van der Waals surface area contributed by atoms with Crippen molar-refractivity contribution >= 4 is 22.7 Å². The second kappa shape index (κ2) is 8.46. The maximum absolute atomic E-state index is 14.2. The molecule has 1 aliphatic rings. The molecule has 8 heteroatoms. The summed E-state index contributed by atoms with van der Waals surface area (Å²) in [6.07, 6.45) is 4.93. The number of aromatic nitrogens is 3. The predicted molar refractivity (Wildman–Crippen MR) is 110 cm³/mol. The van der Waals surface area contributed by atoms with Gasteiger partial charge in [0.2, 0.25) is 0 Å². The molecular weight excluding hydrogens is 373 g/mol. The summed E-state index contributed by atoms with van der Waals surface area (Å²) in [7, 11) is 1.51. The minimum absolute atomic E-state index is 0.0492. The van der Waals surface area contributed by atoms with Crippen molar-refractivity contribution in [3.63, 3.8) is 0 Å². The lowest BCUT2D eigenvalue weighted by atomic mass is 10.1. The van der Waals surface area contributed by atoms with Gasteiger partial charge in [0.15, 0.2) is 23.2 Å². The summed E-state index contributed by atoms with van der Waals surface area (Å²) in [4.78, 5) is 15.8. The molecule has 1 aliphatic heterocycles. The number of pyridine rings is 1. The lowest BCUT2D eigenvalue weighted by molar-refractivity contribution is 0.163. The first-order valence-corrected chi connectivity index (χ1v) is 9.78. The average molecular weight is 397 g/mol. The van der Waals surface area contributed by atoms with Crippen LogP contribution in [0.2, 0.25) is 0 Å². The minimum Gasteiger partial charge on any atom is -0.497 e. The Morgan fingerprint density at radius 1 is 1.17 bits per heavy atom. The molecule has 1 saturated heterocycles. The van der Waals surface area contributed by atoms with Crippen molar-refractivity contribution in [1.82, 2.24) is 15.0 Å². The van der Waals surface area contributed by atoms with Crippen molar-refractivity contribution in [2.75, 3.05) is 37.0 Å². The second-order valence-corrected chi connectivity index (χ2v) is 6.89. The number of hydrogen-bond acceptors (Lipinski definition) is 7. The Balaban J connectivity index is 1.47. The Morgan fingerprint density at radius 3 is 2.72 bits per heavy atom. The van der Waals surface area contributed by atoms with Crippen LogP contribution in [0, 0.1) is 5.82 Å². The molecule has 0 atom stereocenters. The number of halogens is 1. The second-order valence-electron chi connectivity index (χ2n) is 6.89. The number of nitrogens with zero attached hydrogens (tertiary/aromatic N) is 4. The zero-order valence-corrected chi connectivity index (χ0v) is 16.6. The molecule has 0 radical (unpaired) electrons. The van der Waals surface area contributed by atoms with E-state index in [1.807, 2.05) is 13.0 Å². The lowest BCUT2D eigenvalue weighted by Crippen LogP contribution is -2.39. The highest BCUT2D eigenvalue weighted by molar-refractivity contribution is 5.79. The molecule has 0 bridgehead atoms. The third-order valence-electron chi connectivity index (χ3n) is 4.97. The van der Waals surface area contributed by atoms with Crippen LogP contribution < -0.4 is 19.7 Å². The molecular formula is C21H24FN5O2. The molecule has 0 spiro atoms. The first-order valence-electron chi connectivity index (χ1n) is 9.78. The Morgan fingerprint density at radius 2 is 2.00 bits per heavy atom. The Kier molecular flexibility index (Phi) is 5.59. The van der Waals surface area contributed by atoms with E-state index in [0.29, 0.717) is 5.75 Å². The highest BCUT2D eigenvalue weighted by atomic mass is 19.1. The molecule has 3 heterocycles. The van der Waals surface area contributed by atoms with Gasteiger partial charge in [0, 0.05) is 44.7 Å². The quantitative estimate of drug-likeness (QED) is 0.681. The molecule has 29 heavy (non-hydrogen) atoms. The first kappa shape index (κ1) is 19.2. The monoisotopic (exact) mass is 397 g/mol. The molecule has 0 amide bonds. The van der Waals surface area contributed by atoms with Gasteiger partial charge < -0.3 is 19.7 Å². The molecule has 0 aliphatic carbocycles. The van der Waals surface area contributed by atoms with E-state index in [9.17, 15) is 4.39 Å². The zero-order valence-electron chi connectivity index (χ0n) is 16.6. The number of methoxy groups -OCH3 is 1. The van der Waals surface area contributed by atoms with Crippen molar-refractivity contribution in [3.8, 4) is 11.5 Å². The fourth-order valence-electron chi connectivity index (χ4n) is 3.47. The van der Waals surface area contributed by atoms with Crippen molar-refractivity contribution in [2.24, 2.45) is 0 Å². The van der Waals surface area contributed by atoms with Gasteiger partial charge in [-0.2, -0.15) is 0 Å². The molecule has 1 fully saturated rings. The SMILES string of the molecule is CCNc1nc2ccncc2nc1N1CCC(Oc2ccc(OC)cc2F)CC1. The van der Waals surface area contributed by atoms with Gasteiger partial charge in [-0.3, -0.25) is 4.98 Å². The molecule has 1 N–H and O–H groups in total. The van der Waals surface area contributed by atoms with E-state index in [1.54, 1.807) is 24.5 Å². The highest BCUT2D eigenvalue weighted by Crippen LogP contribution is 2.30. The highest BCUT2D eigenvalue weighted by Gasteiger charge is 2.25. The van der Waals surface area contributed by atoms with Crippen molar-refractivity contribution in [2.45, 2.75) is 25.9 Å². The Labute approximate surface area is 168 Å². The van der Waals surface area contributed by atoms with Crippen molar-refractivity contribution < 1.29 is 13.9 Å². The van der Waals surface area contributed by atoms with Crippen LogP contribution in [0.15, 0.2) is 36.7 Å². The van der Waals surface area contributed by atoms with Crippen LogP contribution in [0.4, 0.5) is 16.0 Å². The van der Waals surface area contributed by atoms with Gasteiger partial charge in [-0.1, -0.05) is 0 Å². The lowest BCUT2D eigenvalue weighted by Gasteiger charge is -2.33. The number of anilines is 2. The number of hydrogen-bond donors (Lipinski definition) is 1. The summed E-state index contributed by atoms with van der Waals surface area (Å²) in [6.45, 7) is 4.29. The maximum atomic E-state index is 14.2. The van der Waals surface area contributed by atoms with Gasteiger partial charge in [-0.15, -0.1) is 0 Å². The summed E-state index contributed by atoms with van der Waals surface area (Å²) in [5, 5.41) is 3.31. The predicted octanol–water partition coefficient (Wildman–Crippen LogP) is 3.65. The third-order valence-corrected chi connectivity index (χ3v) is 4.97. The smallest absolute Gasteiger partial charge is 0.172 e. The van der Waals surface area contributed by atoms with E-state index in [-0.39, 0.29) is 11.9 Å². The Hall–Kier alpha value is -3.16. The summed E-state index contributed by atoms with van der Waals surface area (Å²) >= 11 is 0. The summed E-state index contributed by atoms with van der Waals surface area (Å²) in [6, 6.07) is 6.52. The molecule has 2 aromatic heterocycles. The Bertz CT molecular complexity index is 992. The number of ether oxygens (including phenoxy) is 2. The van der Waals surface area contributed by atoms with Crippen LogP contribution >= 0.6 is 0 Å². The minimum atomic E-state index is -0.408. The maximum Gasteiger partial charge on any atom is 0.172 e. The van der Waals surface area contributed by atoms with E-state index in [1.165, 1.54) is 13.2 Å². The zero-order chi connectivity index (χ0) is 20.2. The number of nitrogens with one attached hydrogen (secondary N) is 1. The van der Waals surface area contributed by atoms with E-state index in [0.717, 1.165) is 55.1 Å². The topological polar surface area (TPSA) is 72.4 Å². The van der Waals surface area contributed by atoms with E-state index in [2.05, 4.69) is 15.2 Å². The number of benzene rings is 1. The van der Waals surface area contributed by atoms with Crippen LogP contribution in [-0.4, -0.2) is 47.8 Å². The van der Waals surface area contributed by atoms with Crippen molar-refractivity contribution in [1.29, 1.82) is 0 Å². The van der Waals surface area contributed by atoms with Gasteiger partial charge in [0.05, 0.1) is 18.8 Å². The molecule has 0 saturated carbocycles. The van der Waals surface area contributed by atoms with E-state index >= 15 is 0 Å². The van der Waals surface area contributed by atoms with Gasteiger partial charge in [0.25, 0.3) is 0 Å². The van der Waals surface area contributed by atoms with E-state index < -0.39 is 5.82 Å². The molecule has 7 nitrogen and oxygen atoms in total. The third kappa shape index (κ3) is 4.16. The van der Waals surface area contributed by atoms with Gasteiger partial charge in [-0.05, 0) is 25.1 Å². The fourth-order valence-corrected chi connectivity index (χ4v) is 3.47. The summed E-state index contributed by atoms with van der Waals surface area (Å²) in [5.74, 6) is 1.92. The molecule has 152 valence electrons. The normalized spacial score (nSPS) is 14.8. The van der Waals surface area contributed by atoms with Gasteiger partial charge in [-0.25, -0.2) is 14.4 Å². The van der Waals surface area contributed by atoms with Crippen LogP contribution in [0.3, 0.4) is 0 Å². The molecule has 0 unspecified atom stereocenters. The summed E-state index contributed by atoms with van der Waals surface area (Å²) < 4.78 is 25.1. The first-order chi connectivity index (χ1) is 14.2. The van der Waals surface area contributed by atoms with Crippen molar-refractivity contribution in [3.05, 3.63) is 42.5 Å². The fraction of sp³-hybridized carbons (Fsp3) is 0.381. The molecule has 1 aromatic carbocycles. The van der Waals surface area contributed by atoms with Crippen LogP contribution in [0.1, 0.15) is 19.8 Å². The van der Waals surface area contributed by atoms with Gasteiger partial charge in [0.1, 0.15) is 17.4 Å². The largest absolute Gasteiger partial charge is 0.497 e. The number of rotatable bonds is 6. The van der Waals surface area contributed by atoms with Crippen LogP contribution in [0.25, 0.3) is 11.0 Å². The molecule has 3 aromatic rings. The number of piperidine rings is 1. The van der Waals surface area contributed by atoms with Crippen LogP contribution in [0.5, 0.6) is 11.5 Å². The molecule has 4 rings (SSSR count). The standard InChI is InChI=1S/C21H24FN5O2/c1-3-24-20-21(26-18-13-23-9-6-17(18)25-20)27-10-7-14(8-11-27)29-19-5-4-15(28-2)12-16(19)22/h4-6,9,12-14H,3,7-8,10-11H2,1-2H3,(H,24,25). The van der Waals surface area contributed by atoms with Gasteiger partial charge >= 0.3 is 0 Å². The van der Waals surface area contributed by atoms with E-state index in [4.69, 9.17) is 19.4 Å². The average Bonchev–Trinajstić information content (AvgIpc) is 2.75. The van der Waals surface area contributed by atoms with Crippen LogP contribution in [-0.2, 0) is 0 Å². The summed E-state index contributed by atoms with van der Waals surface area (Å²) in [5.41, 5.74) is 1.58.